The molecule has 2 amide bonds. The van der Waals surface area contributed by atoms with Crippen molar-refractivity contribution in [3.05, 3.63) is 18.0 Å². The zero-order valence-corrected chi connectivity index (χ0v) is 9.33. The molecule has 1 saturated carbocycles. The van der Waals surface area contributed by atoms with Crippen LogP contribution in [0.25, 0.3) is 0 Å². The van der Waals surface area contributed by atoms with Crippen molar-refractivity contribution < 1.29 is 4.79 Å². The molecule has 0 radical (unpaired) electrons. The normalized spacial score (nSPS) is 17.0. The zero-order chi connectivity index (χ0) is 11.2. The number of rotatable bonds is 3. The highest BCUT2D eigenvalue weighted by Crippen LogP contribution is 2.17. The van der Waals surface area contributed by atoms with Gasteiger partial charge in [0.05, 0.1) is 12.2 Å². The molecule has 1 fully saturated rings. The highest BCUT2D eigenvalue weighted by molar-refractivity contribution is 5.74. The van der Waals surface area contributed by atoms with E-state index in [9.17, 15) is 4.79 Å². The molecule has 1 aliphatic carbocycles. The number of carbonyl (C=O) groups is 1. The van der Waals surface area contributed by atoms with Crippen LogP contribution in [0.2, 0.25) is 0 Å². The highest BCUT2D eigenvalue weighted by Gasteiger charge is 2.15. The summed E-state index contributed by atoms with van der Waals surface area (Å²) in [5, 5.41) is 12.4. The van der Waals surface area contributed by atoms with Gasteiger partial charge in [0.15, 0.2) is 0 Å². The Hall–Kier alpha value is -1.52. The molecule has 16 heavy (non-hydrogen) atoms. The van der Waals surface area contributed by atoms with Crippen LogP contribution in [0.3, 0.4) is 0 Å². The Morgan fingerprint density at radius 1 is 1.44 bits per heavy atom. The summed E-state index contributed by atoms with van der Waals surface area (Å²) in [5.74, 6) is 0. The van der Waals surface area contributed by atoms with E-state index in [-0.39, 0.29) is 6.03 Å². The quantitative estimate of drug-likeness (QED) is 0.726. The number of H-pyrrole nitrogens is 1. The van der Waals surface area contributed by atoms with E-state index in [1.165, 1.54) is 19.3 Å². The zero-order valence-electron chi connectivity index (χ0n) is 9.33. The largest absolute Gasteiger partial charge is 0.335 e. The Labute approximate surface area is 95.0 Å². The summed E-state index contributed by atoms with van der Waals surface area (Å²) in [6.45, 7) is 0.499. The third kappa shape index (κ3) is 3.25. The second-order valence-corrected chi connectivity index (χ2v) is 4.24. The number of amides is 2. The second-order valence-electron chi connectivity index (χ2n) is 4.24. The van der Waals surface area contributed by atoms with Gasteiger partial charge in [-0.05, 0) is 18.9 Å². The molecule has 1 heterocycles. The van der Waals surface area contributed by atoms with E-state index < -0.39 is 0 Å². The number of nitrogens with zero attached hydrogens (tertiary/aromatic N) is 1. The molecule has 1 aromatic heterocycles. The van der Waals surface area contributed by atoms with Crippen LogP contribution in [0.15, 0.2) is 12.3 Å². The van der Waals surface area contributed by atoms with Gasteiger partial charge in [-0.2, -0.15) is 5.10 Å². The first kappa shape index (κ1) is 11.0. The van der Waals surface area contributed by atoms with E-state index >= 15 is 0 Å². The fourth-order valence-electron chi connectivity index (χ4n) is 2.04. The number of aromatic nitrogens is 2. The van der Waals surface area contributed by atoms with E-state index in [4.69, 9.17) is 0 Å². The minimum atomic E-state index is -0.0819. The first-order valence-electron chi connectivity index (χ1n) is 5.87. The molecule has 0 aromatic carbocycles. The van der Waals surface area contributed by atoms with Gasteiger partial charge in [-0.15, -0.1) is 0 Å². The second kappa shape index (κ2) is 5.53. The van der Waals surface area contributed by atoms with Crippen molar-refractivity contribution in [2.45, 2.75) is 44.7 Å². The van der Waals surface area contributed by atoms with Crippen LogP contribution in [-0.4, -0.2) is 22.3 Å². The molecule has 5 heteroatoms. The minimum absolute atomic E-state index is 0.0819. The molecule has 0 saturated heterocycles. The monoisotopic (exact) mass is 222 g/mol. The van der Waals surface area contributed by atoms with Gasteiger partial charge in [-0.3, -0.25) is 5.10 Å². The number of urea groups is 1. The van der Waals surface area contributed by atoms with Crippen molar-refractivity contribution >= 4 is 6.03 Å². The van der Waals surface area contributed by atoms with Crippen LogP contribution in [0, 0.1) is 0 Å². The van der Waals surface area contributed by atoms with Crippen molar-refractivity contribution in [2.75, 3.05) is 0 Å². The minimum Gasteiger partial charge on any atom is -0.335 e. The Kier molecular flexibility index (Phi) is 3.80. The summed E-state index contributed by atoms with van der Waals surface area (Å²) in [4.78, 5) is 11.5. The summed E-state index contributed by atoms with van der Waals surface area (Å²) in [6, 6.07) is 2.12. The van der Waals surface area contributed by atoms with E-state index in [1.807, 2.05) is 6.07 Å². The van der Waals surface area contributed by atoms with Crippen molar-refractivity contribution in [1.29, 1.82) is 0 Å². The molecule has 0 aliphatic heterocycles. The van der Waals surface area contributed by atoms with Crippen LogP contribution < -0.4 is 10.6 Å². The van der Waals surface area contributed by atoms with Crippen LogP contribution in [-0.2, 0) is 6.54 Å². The van der Waals surface area contributed by atoms with Crippen LogP contribution in [0.1, 0.15) is 37.8 Å². The lowest BCUT2D eigenvalue weighted by molar-refractivity contribution is 0.232. The van der Waals surface area contributed by atoms with E-state index in [0.717, 1.165) is 18.5 Å². The lowest BCUT2D eigenvalue weighted by Crippen LogP contribution is -2.42. The summed E-state index contributed by atoms with van der Waals surface area (Å²) in [5.41, 5.74) is 0.916. The van der Waals surface area contributed by atoms with Gasteiger partial charge < -0.3 is 10.6 Å². The van der Waals surface area contributed by atoms with Crippen LogP contribution >= 0.6 is 0 Å². The molecule has 0 bridgehead atoms. The van der Waals surface area contributed by atoms with Crippen molar-refractivity contribution in [2.24, 2.45) is 0 Å². The smallest absolute Gasteiger partial charge is 0.315 e. The van der Waals surface area contributed by atoms with E-state index in [1.54, 1.807) is 6.20 Å². The Morgan fingerprint density at radius 2 is 2.25 bits per heavy atom. The molecule has 3 N–H and O–H groups in total. The summed E-state index contributed by atoms with van der Waals surface area (Å²) in [6.07, 6.45) is 7.65. The maximum atomic E-state index is 11.5. The van der Waals surface area contributed by atoms with E-state index in [0.29, 0.717) is 12.6 Å². The van der Waals surface area contributed by atoms with Gasteiger partial charge in [0.2, 0.25) is 0 Å². The first-order valence-corrected chi connectivity index (χ1v) is 5.87. The number of carbonyl (C=O) groups excluding carboxylic acids is 1. The molecule has 2 rings (SSSR count). The number of hydrogen-bond donors (Lipinski definition) is 3. The molecule has 0 unspecified atom stereocenters. The Bertz CT molecular complexity index is 317. The van der Waals surface area contributed by atoms with Crippen LogP contribution in [0.4, 0.5) is 4.79 Å². The summed E-state index contributed by atoms with van der Waals surface area (Å²) in [7, 11) is 0. The number of nitrogens with one attached hydrogen (secondary N) is 3. The predicted octanol–water partition coefficient (Wildman–Crippen LogP) is 1.54. The van der Waals surface area contributed by atoms with Crippen LogP contribution in [0.5, 0.6) is 0 Å². The molecule has 88 valence electrons. The molecule has 0 atom stereocenters. The maximum Gasteiger partial charge on any atom is 0.315 e. The van der Waals surface area contributed by atoms with Crippen molar-refractivity contribution in [1.82, 2.24) is 20.8 Å². The molecular formula is C11H18N4O. The third-order valence-corrected chi connectivity index (χ3v) is 2.94. The average Bonchev–Trinajstić information content (AvgIpc) is 2.81. The molecular weight excluding hydrogens is 204 g/mol. The SMILES string of the molecule is O=C(NCc1ccn[nH]1)NC1CCCCC1. The maximum absolute atomic E-state index is 11.5. The van der Waals surface area contributed by atoms with Gasteiger partial charge in [0.25, 0.3) is 0 Å². The highest BCUT2D eigenvalue weighted by atomic mass is 16.2. The number of aromatic amines is 1. The lowest BCUT2D eigenvalue weighted by atomic mass is 9.96. The molecule has 1 aliphatic rings. The van der Waals surface area contributed by atoms with Gasteiger partial charge in [0.1, 0.15) is 0 Å². The van der Waals surface area contributed by atoms with Gasteiger partial charge in [-0.1, -0.05) is 19.3 Å². The lowest BCUT2D eigenvalue weighted by Gasteiger charge is -2.22. The average molecular weight is 222 g/mol. The fourth-order valence-corrected chi connectivity index (χ4v) is 2.04. The summed E-state index contributed by atoms with van der Waals surface area (Å²) >= 11 is 0. The van der Waals surface area contributed by atoms with Gasteiger partial charge in [0, 0.05) is 12.2 Å². The standard InChI is InChI=1S/C11H18N4O/c16-11(12-8-10-6-7-13-15-10)14-9-4-2-1-3-5-9/h6-7,9H,1-5,8H2,(H,13,15)(H2,12,14,16). The summed E-state index contributed by atoms with van der Waals surface area (Å²) < 4.78 is 0. The first-order chi connectivity index (χ1) is 7.84. The van der Waals surface area contributed by atoms with Gasteiger partial charge >= 0.3 is 6.03 Å². The molecule has 0 spiro atoms. The third-order valence-electron chi connectivity index (χ3n) is 2.94. The fraction of sp³-hybridized carbons (Fsp3) is 0.636. The topological polar surface area (TPSA) is 69.8 Å². The Balaban J connectivity index is 1.67. The number of hydrogen-bond acceptors (Lipinski definition) is 2. The Morgan fingerprint density at radius 3 is 2.94 bits per heavy atom. The molecule has 5 nitrogen and oxygen atoms in total. The van der Waals surface area contributed by atoms with Crippen molar-refractivity contribution in [3.8, 4) is 0 Å². The molecule has 1 aromatic rings. The predicted molar refractivity (Wildman–Crippen MR) is 60.8 cm³/mol. The van der Waals surface area contributed by atoms with Gasteiger partial charge in [-0.25, -0.2) is 4.79 Å². The van der Waals surface area contributed by atoms with Crippen molar-refractivity contribution in [3.63, 3.8) is 0 Å². The van der Waals surface area contributed by atoms with E-state index in [2.05, 4.69) is 20.8 Å².